The van der Waals surface area contributed by atoms with E-state index in [1.807, 2.05) is 6.07 Å². The van der Waals surface area contributed by atoms with Crippen molar-refractivity contribution in [3.05, 3.63) is 65.5 Å². The number of rotatable bonds is 4. The monoisotopic (exact) mass is 324 g/mol. The number of nitrogens with zero attached hydrogens (tertiary/aromatic N) is 2. The Labute approximate surface area is 140 Å². The first-order valence-corrected chi connectivity index (χ1v) is 8.16. The molecule has 2 aromatic rings. The lowest BCUT2D eigenvalue weighted by molar-refractivity contribution is 0.0684. The van der Waals surface area contributed by atoms with E-state index >= 15 is 0 Å². The normalized spacial score (nSPS) is 15.2. The van der Waals surface area contributed by atoms with Crippen molar-refractivity contribution in [3.8, 4) is 0 Å². The maximum absolute atomic E-state index is 12.5. The van der Waals surface area contributed by atoms with Crippen LogP contribution in [0.25, 0.3) is 0 Å². The average molecular weight is 324 g/mol. The highest BCUT2D eigenvalue weighted by atomic mass is 16.4. The Hall–Kier alpha value is -2.69. The van der Waals surface area contributed by atoms with Crippen LogP contribution in [0.1, 0.15) is 39.3 Å². The maximum Gasteiger partial charge on any atom is 0.335 e. The summed E-state index contributed by atoms with van der Waals surface area (Å²) in [6, 6.07) is 13.1. The Kier molecular flexibility index (Phi) is 4.89. The van der Waals surface area contributed by atoms with Crippen molar-refractivity contribution in [2.24, 2.45) is 5.92 Å². The van der Waals surface area contributed by atoms with Gasteiger partial charge in [0, 0.05) is 19.3 Å². The minimum Gasteiger partial charge on any atom is -0.478 e. The van der Waals surface area contributed by atoms with Gasteiger partial charge in [0.2, 0.25) is 0 Å². The van der Waals surface area contributed by atoms with Gasteiger partial charge in [-0.25, -0.2) is 4.79 Å². The van der Waals surface area contributed by atoms with Crippen molar-refractivity contribution < 1.29 is 14.7 Å². The van der Waals surface area contributed by atoms with Crippen molar-refractivity contribution in [2.75, 3.05) is 13.1 Å². The molecule has 5 nitrogen and oxygen atoms in total. The van der Waals surface area contributed by atoms with Gasteiger partial charge in [-0.1, -0.05) is 30.3 Å². The van der Waals surface area contributed by atoms with E-state index in [-0.39, 0.29) is 17.2 Å². The summed E-state index contributed by atoms with van der Waals surface area (Å²) in [6.45, 7) is 1.38. The van der Waals surface area contributed by atoms with Gasteiger partial charge in [0.25, 0.3) is 5.91 Å². The van der Waals surface area contributed by atoms with E-state index in [0.717, 1.165) is 19.3 Å². The van der Waals surface area contributed by atoms with Gasteiger partial charge in [0.1, 0.15) is 5.69 Å². The van der Waals surface area contributed by atoms with Gasteiger partial charge in [-0.3, -0.25) is 9.78 Å². The number of hydrogen-bond donors (Lipinski definition) is 1. The quantitative estimate of drug-likeness (QED) is 0.939. The van der Waals surface area contributed by atoms with Gasteiger partial charge >= 0.3 is 5.97 Å². The average Bonchev–Trinajstić information content (AvgIpc) is 2.63. The number of carbonyl (C=O) groups excluding carboxylic acids is 1. The second-order valence-corrected chi connectivity index (χ2v) is 6.16. The molecular weight excluding hydrogens is 304 g/mol. The first-order valence-electron chi connectivity index (χ1n) is 8.16. The topological polar surface area (TPSA) is 70.5 Å². The van der Waals surface area contributed by atoms with Crippen LogP contribution in [0.2, 0.25) is 0 Å². The number of piperidine rings is 1. The predicted octanol–water partition coefficient (Wildman–Crippen LogP) is 2.87. The van der Waals surface area contributed by atoms with Gasteiger partial charge < -0.3 is 10.0 Å². The summed E-state index contributed by atoms with van der Waals surface area (Å²) in [5.74, 6) is -0.654. The molecule has 1 aromatic carbocycles. The van der Waals surface area contributed by atoms with Crippen molar-refractivity contribution >= 4 is 11.9 Å². The number of carboxylic acid groups (broad SMARTS) is 1. The smallest absolute Gasteiger partial charge is 0.335 e. The summed E-state index contributed by atoms with van der Waals surface area (Å²) in [5.41, 5.74) is 1.63. The molecule has 0 aliphatic carbocycles. The molecule has 0 radical (unpaired) electrons. The summed E-state index contributed by atoms with van der Waals surface area (Å²) in [6.07, 6.45) is 4.33. The minimum atomic E-state index is -1.05. The largest absolute Gasteiger partial charge is 0.478 e. The molecule has 3 rings (SSSR count). The van der Waals surface area contributed by atoms with Gasteiger partial charge in [-0.15, -0.1) is 0 Å². The van der Waals surface area contributed by atoms with Crippen molar-refractivity contribution in [3.63, 3.8) is 0 Å². The number of aromatic carboxylic acids is 1. The number of carbonyl (C=O) groups is 2. The number of amides is 1. The van der Waals surface area contributed by atoms with Crippen LogP contribution in [-0.4, -0.2) is 40.0 Å². The Balaban J connectivity index is 1.59. The number of pyridine rings is 1. The fraction of sp³-hybridized carbons (Fsp3) is 0.316. The van der Waals surface area contributed by atoms with Crippen molar-refractivity contribution in [2.45, 2.75) is 19.3 Å². The molecule has 0 spiro atoms. The summed E-state index contributed by atoms with van der Waals surface area (Å²) >= 11 is 0. The molecule has 5 heteroatoms. The molecule has 1 aliphatic rings. The summed E-state index contributed by atoms with van der Waals surface area (Å²) in [7, 11) is 0. The van der Waals surface area contributed by atoms with Crippen LogP contribution in [0, 0.1) is 5.92 Å². The molecule has 1 saturated heterocycles. The third-order valence-electron chi connectivity index (χ3n) is 4.49. The molecule has 1 amide bonds. The SMILES string of the molecule is O=C(O)c1ccnc(C(=O)N2CCC(Cc3ccccc3)CC2)c1. The third-order valence-corrected chi connectivity index (χ3v) is 4.49. The molecule has 0 atom stereocenters. The second-order valence-electron chi connectivity index (χ2n) is 6.16. The van der Waals surface area contributed by atoms with Crippen LogP contribution in [-0.2, 0) is 6.42 Å². The lowest BCUT2D eigenvalue weighted by Crippen LogP contribution is -2.39. The van der Waals surface area contributed by atoms with Crippen LogP contribution in [0.3, 0.4) is 0 Å². The first kappa shape index (κ1) is 16.2. The van der Waals surface area contributed by atoms with Crippen molar-refractivity contribution in [1.29, 1.82) is 0 Å². The molecule has 124 valence electrons. The van der Waals surface area contributed by atoms with E-state index in [1.165, 1.54) is 23.9 Å². The van der Waals surface area contributed by atoms with E-state index < -0.39 is 5.97 Å². The molecular formula is C19H20N2O3. The predicted molar refractivity (Wildman–Crippen MR) is 90.0 cm³/mol. The van der Waals surface area contributed by atoms with Gasteiger partial charge in [-0.05, 0) is 42.9 Å². The number of carboxylic acids is 1. The molecule has 24 heavy (non-hydrogen) atoms. The third kappa shape index (κ3) is 3.79. The summed E-state index contributed by atoms with van der Waals surface area (Å²) < 4.78 is 0. The number of hydrogen-bond acceptors (Lipinski definition) is 3. The van der Waals surface area contributed by atoms with Crippen LogP contribution in [0.15, 0.2) is 48.7 Å². The van der Waals surface area contributed by atoms with Crippen molar-refractivity contribution in [1.82, 2.24) is 9.88 Å². The number of benzene rings is 1. The minimum absolute atomic E-state index is 0.0901. The fourth-order valence-corrected chi connectivity index (χ4v) is 3.13. The summed E-state index contributed by atoms with van der Waals surface area (Å²) in [4.78, 5) is 29.3. The molecule has 2 heterocycles. The lowest BCUT2D eigenvalue weighted by Gasteiger charge is -2.32. The zero-order valence-corrected chi connectivity index (χ0v) is 13.4. The van der Waals surface area contributed by atoms with Crippen LogP contribution in [0.5, 0.6) is 0 Å². The van der Waals surface area contributed by atoms with E-state index in [9.17, 15) is 9.59 Å². The maximum atomic E-state index is 12.5. The first-order chi connectivity index (χ1) is 11.6. The van der Waals surface area contributed by atoms with E-state index in [2.05, 4.69) is 29.2 Å². The fourth-order valence-electron chi connectivity index (χ4n) is 3.13. The standard InChI is InChI=1S/C19H20N2O3/c22-18(17-13-16(19(23)24)6-9-20-17)21-10-7-15(8-11-21)12-14-4-2-1-3-5-14/h1-6,9,13,15H,7-8,10-12H2,(H,23,24). The molecule has 1 N–H and O–H groups in total. The Bertz CT molecular complexity index is 722. The van der Waals surface area contributed by atoms with E-state index in [0.29, 0.717) is 19.0 Å². The number of likely N-dealkylation sites (tertiary alicyclic amines) is 1. The molecule has 1 aliphatic heterocycles. The highest BCUT2D eigenvalue weighted by Gasteiger charge is 2.24. The highest BCUT2D eigenvalue weighted by Crippen LogP contribution is 2.22. The summed E-state index contributed by atoms with van der Waals surface area (Å²) in [5, 5.41) is 9.02. The molecule has 1 aromatic heterocycles. The van der Waals surface area contributed by atoms with Gasteiger partial charge in [0.15, 0.2) is 0 Å². The zero-order valence-electron chi connectivity index (χ0n) is 13.4. The number of aromatic nitrogens is 1. The van der Waals surface area contributed by atoms with Gasteiger partial charge in [0.05, 0.1) is 5.56 Å². The van der Waals surface area contributed by atoms with Crippen LogP contribution >= 0.6 is 0 Å². The lowest BCUT2D eigenvalue weighted by atomic mass is 9.90. The Morgan fingerprint density at radius 3 is 2.50 bits per heavy atom. The second kappa shape index (κ2) is 7.25. The van der Waals surface area contributed by atoms with E-state index in [4.69, 9.17) is 5.11 Å². The molecule has 0 bridgehead atoms. The molecule has 0 saturated carbocycles. The highest BCUT2D eigenvalue weighted by molar-refractivity contribution is 5.95. The van der Waals surface area contributed by atoms with Crippen LogP contribution < -0.4 is 0 Å². The Morgan fingerprint density at radius 1 is 1.12 bits per heavy atom. The Morgan fingerprint density at radius 2 is 1.83 bits per heavy atom. The van der Waals surface area contributed by atoms with Crippen LogP contribution in [0.4, 0.5) is 0 Å². The van der Waals surface area contributed by atoms with E-state index in [1.54, 1.807) is 4.90 Å². The molecule has 1 fully saturated rings. The zero-order chi connectivity index (χ0) is 16.9. The molecule has 0 unspecified atom stereocenters. The van der Waals surface area contributed by atoms with Gasteiger partial charge in [-0.2, -0.15) is 0 Å².